The normalized spacial score (nSPS) is 10.2. The molecule has 0 saturated carbocycles. The van der Waals surface area contributed by atoms with E-state index in [2.05, 4.69) is 15.3 Å². The number of hydrogen-bond donors (Lipinski definition) is 2. The van der Waals surface area contributed by atoms with E-state index in [9.17, 15) is 4.79 Å². The molecule has 0 unspecified atom stereocenters. The number of halogens is 1. The topological polar surface area (TPSA) is 57.8 Å². The molecule has 0 amide bonds. The van der Waals surface area contributed by atoms with Crippen LogP contribution < -0.4 is 10.9 Å². The Balaban J connectivity index is 2.02. The summed E-state index contributed by atoms with van der Waals surface area (Å²) in [6.07, 6.45) is 1.37. The minimum atomic E-state index is -0.170. The highest BCUT2D eigenvalue weighted by Gasteiger charge is 1.98. The minimum absolute atomic E-state index is 0.170. The van der Waals surface area contributed by atoms with Gasteiger partial charge in [0.25, 0.3) is 5.56 Å². The van der Waals surface area contributed by atoms with Crippen molar-refractivity contribution in [3.63, 3.8) is 0 Å². The highest BCUT2D eigenvalue weighted by Crippen LogP contribution is 2.21. The van der Waals surface area contributed by atoms with E-state index in [4.69, 9.17) is 11.6 Å². The maximum absolute atomic E-state index is 11.0. The third-order valence-electron chi connectivity index (χ3n) is 1.75. The molecule has 2 N–H and O–H groups in total. The molecule has 2 rings (SSSR count). The molecule has 2 aromatic heterocycles. The molecule has 0 fully saturated rings. The number of thiophene rings is 1. The highest BCUT2D eigenvalue weighted by atomic mass is 35.5. The quantitative estimate of drug-likeness (QED) is 0.865. The molecule has 4 nitrogen and oxygen atoms in total. The van der Waals surface area contributed by atoms with Gasteiger partial charge in [-0.2, -0.15) is 0 Å². The summed E-state index contributed by atoms with van der Waals surface area (Å²) < 4.78 is 0.755. The molecule has 0 bridgehead atoms. The molecule has 78 valence electrons. The molecule has 2 aromatic rings. The van der Waals surface area contributed by atoms with Crippen LogP contribution in [0.25, 0.3) is 0 Å². The fourth-order valence-electron chi connectivity index (χ4n) is 1.09. The van der Waals surface area contributed by atoms with Crippen LogP contribution in [0.15, 0.2) is 29.3 Å². The standard InChI is InChI=1S/C9H8ClN3OS/c10-7-2-1-6(15-7)4-11-8-3-9(14)13-5-12-8/h1-3,5H,4H2,(H2,11,12,13,14). The molecule has 6 heteroatoms. The van der Waals surface area contributed by atoms with E-state index >= 15 is 0 Å². The first-order valence-electron chi connectivity index (χ1n) is 4.27. The Morgan fingerprint density at radius 2 is 2.40 bits per heavy atom. The largest absolute Gasteiger partial charge is 0.365 e. The highest BCUT2D eigenvalue weighted by molar-refractivity contribution is 7.16. The van der Waals surface area contributed by atoms with Gasteiger partial charge in [-0.15, -0.1) is 11.3 Å². The molecule has 0 atom stereocenters. The van der Waals surface area contributed by atoms with Gasteiger partial charge in [0.05, 0.1) is 17.2 Å². The van der Waals surface area contributed by atoms with Gasteiger partial charge in [0, 0.05) is 10.9 Å². The summed E-state index contributed by atoms with van der Waals surface area (Å²) in [5.41, 5.74) is -0.170. The van der Waals surface area contributed by atoms with E-state index in [1.54, 1.807) is 0 Å². The number of H-pyrrole nitrogens is 1. The van der Waals surface area contributed by atoms with Gasteiger partial charge >= 0.3 is 0 Å². The fraction of sp³-hybridized carbons (Fsp3) is 0.111. The smallest absolute Gasteiger partial charge is 0.252 e. The van der Waals surface area contributed by atoms with E-state index in [-0.39, 0.29) is 5.56 Å². The van der Waals surface area contributed by atoms with Crippen molar-refractivity contribution in [2.24, 2.45) is 0 Å². The SMILES string of the molecule is O=c1cc(NCc2ccc(Cl)s2)nc[nH]1. The zero-order chi connectivity index (χ0) is 10.7. The second-order valence-corrected chi connectivity index (χ2v) is 4.66. The third kappa shape index (κ3) is 2.81. The maximum Gasteiger partial charge on any atom is 0.252 e. The molecule has 0 aliphatic carbocycles. The predicted octanol–water partition coefficient (Wildman–Crippen LogP) is 2.10. The zero-order valence-corrected chi connectivity index (χ0v) is 9.23. The molecule has 2 heterocycles. The van der Waals surface area contributed by atoms with Gasteiger partial charge in [-0.05, 0) is 12.1 Å². The van der Waals surface area contributed by atoms with Crippen LogP contribution >= 0.6 is 22.9 Å². The lowest BCUT2D eigenvalue weighted by atomic mass is 10.4. The lowest BCUT2D eigenvalue weighted by Crippen LogP contribution is -2.08. The summed E-state index contributed by atoms with van der Waals surface area (Å²) in [5.74, 6) is 0.559. The van der Waals surface area contributed by atoms with Crippen molar-refractivity contribution >= 4 is 28.8 Å². The van der Waals surface area contributed by atoms with Crippen molar-refractivity contribution in [1.29, 1.82) is 0 Å². The molecular formula is C9H8ClN3OS. The van der Waals surface area contributed by atoms with Gasteiger partial charge in [-0.3, -0.25) is 4.79 Å². The molecule has 0 aliphatic heterocycles. The van der Waals surface area contributed by atoms with E-state index in [1.165, 1.54) is 23.7 Å². The number of aromatic nitrogens is 2. The van der Waals surface area contributed by atoms with Crippen molar-refractivity contribution in [2.75, 3.05) is 5.32 Å². The summed E-state index contributed by atoms with van der Waals surface area (Å²) in [5, 5.41) is 3.04. The summed E-state index contributed by atoms with van der Waals surface area (Å²) in [6, 6.07) is 5.19. The Hall–Kier alpha value is -1.33. The summed E-state index contributed by atoms with van der Waals surface area (Å²) in [4.78, 5) is 18.5. The molecule has 0 aromatic carbocycles. The fourth-order valence-corrected chi connectivity index (χ4v) is 2.12. The Morgan fingerprint density at radius 1 is 1.53 bits per heavy atom. The summed E-state index contributed by atoms with van der Waals surface area (Å²) >= 11 is 7.29. The first-order chi connectivity index (χ1) is 7.24. The second-order valence-electron chi connectivity index (χ2n) is 2.86. The van der Waals surface area contributed by atoms with Crippen LogP contribution in [0, 0.1) is 0 Å². The van der Waals surface area contributed by atoms with Crippen molar-refractivity contribution in [2.45, 2.75) is 6.54 Å². The van der Waals surface area contributed by atoms with Crippen LogP contribution in [0.4, 0.5) is 5.82 Å². The number of aromatic amines is 1. The van der Waals surface area contributed by atoms with Gasteiger partial charge in [0.1, 0.15) is 5.82 Å². The Labute approximate surface area is 94.9 Å². The second kappa shape index (κ2) is 4.46. The van der Waals surface area contributed by atoms with Crippen LogP contribution in [-0.4, -0.2) is 9.97 Å². The van der Waals surface area contributed by atoms with Crippen LogP contribution in [0.3, 0.4) is 0 Å². The molecule has 0 radical (unpaired) electrons. The third-order valence-corrected chi connectivity index (χ3v) is 2.98. The van der Waals surface area contributed by atoms with Crippen molar-refractivity contribution < 1.29 is 0 Å². The first kappa shape index (κ1) is 10.2. The van der Waals surface area contributed by atoms with Gasteiger partial charge in [-0.1, -0.05) is 11.6 Å². The number of rotatable bonds is 3. The molecule has 0 saturated heterocycles. The van der Waals surface area contributed by atoms with Crippen molar-refractivity contribution in [3.8, 4) is 0 Å². The number of nitrogens with one attached hydrogen (secondary N) is 2. The lowest BCUT2D eigenvalue weighted by Gasteiger charge is -2.01. The minimum Gasteiger partial charge on any atom is -0.365 e. The van der Waals surface area contributed by atoms with Crippen molar-refractivity contribution in [1.82, 2.24) is 9.97 Å². The van der Waals surface area contributed by atoms with Gasteiger partial charge in [0.2, 0.25) is 0 Å². The predicted molar refractivity (Wildman–Crippen MR) is 61.5 cm³/mol. The van der Waals surface area contributed by atoms with E-state index in [1.807, 2.05) is 12.1 Å². The summed E-state index contributed by atoms with van der Waals surface area (Å²) in [6.45, 7) is 0.619. The molecule has 0 aliphatic rings. The average Bonchev–Trinajstić information content (AvgIpc) is 2.62. The maximum atomic E-state index is 11.0. The van der Waals surface area contributed by atoms with E-state index < -0.39 is 0 Å². The zero-order valence-electron chi connectivity index (χ0n) is 7.66. The Morgan fingerprint density at radius 3 is 3.07 bits per heavy atom. The van der Waals surface area contributed by atoms with Crippen LogP contribution in [-0.2, 0) is 6.54 Å². The number of anilines is 1. The monoisotopic (exact) mass is 241 g/mol. The van der Waals surface area contributed by atoms with Crippen LogP contribution in [0.5, 0.6) is 0 Å². The summed E-state index contributed by atoms with van der Waals surface area (Å²) in [7, 11) is 0. The molecular weight excluding hydrogens is 234 g/mol. The Bertz CT molecular complexity index is 508. The van der Waals surface area contributed by atoms with Gasteiger partial charge < -0.3 is 10.3 Å². The average molecular weight is 242 g/mol. The molecule has 15 heavy (non-hydrogen) atoms. The lowest BCUT2D eigenvalue weighted by molar-refractivity contribution is 1.07. The van der Waals surface area contributed by atoms with Gasteiger partial charge in [-0.25, -0.2) is 4.98 Å². The van der Waals surface area contributed by atoms with Crippen LogP contribution in [0.1, 0.15) is 4.88 Å². The van der Waals surface area contributed by atoms with Gasteiger partial charge in [0.15, 0.2) is 0 Å². The first-order valence-corrected chi connectivity index (χ1v) is 5.46. The van der Waals surface area contributed by atoms with E-state index in [0.717, 1.165) is 9.21 Å². The molecule has 0 spiro atoms. The van der Waals surface area contributed by atoms with E-state index in [0.29, 0.717) is 12.4 Å². The number of hydrogen-bond acceptors (Lipinski definition) is 4. The Kier molecular flexibility index (Phi) is 3.03. The van der Waals surface area contributed by atoms with Crippen LogP contribution in [0.2, 0.25) is 4.34 Å². The number of nitrogens with zero attached hydrogens (tertiary/aromatic N) is 1. The van der Waals surface area contributed by atoms with Crippen molar-refractivity contribution in [3.05, 3.63) is 44.1 Å².